The third kappa shape index (κ3) is 5.24. The van der Waals surface area contributed by atoms with Gasteiger partial charge in [-0.1, -0.05) is 30.3 Å². The minimum atomic E-state index is -0.752. The topological polar surface area (TPSA) is 143 Å². The van der Waals surface area contributed by atoms with Crippen LogP contribution in [0.25, 0.3) is 0 Å². The number of benzene rings is 1. The molecule has 9 nitrogen and oxygen atoms in total. The molecular formula is C25H31N6O3+. The Morgan fingerprint density at radius 3 is 2.68 bits per heavy atom. The maximum absolute atomic E-state index is 13.0. The summed E-state index contributed by atoms with van der Waals surface area (Å²) >= 11 is 0. The molecule has 1 aliphatic carbocycles. The summed E-state index contributed by atoms with van der Waals surface area (Å²) in [7, 11) is 0. The van der Waals surface area contributed by atoms with Crippen molar-refractivity contribution in [3.8, 4) is 0 Å². The van der Waals surface area contributed by atoms with Gasteiger partial charge < -0.3 is 21.3 Å². The number of carbonyl (C=O) groups is 3. The van der Waals surface area contributed by atoms with Gasteiger partial charge in [-0.05, 0) is 49.7 Å². The number of amides is 3. The molecule has 4 rings (SSSR count). The number of nitrogens with two attached hydrogens (primary N) is 2. The summed E-state index contributed by atoms with van der Waals surface area (Å²) in [5, 5.41) is 11.9. The molecule has 34 heavy (non-hydrogen) atoms. The number of likely N-dealkylation sites (tertiary alicyclic amines) is 1. The van der Waals surface area contributed by atoms with Crippen LogP contribution < -0.4 is 21.8 Å². The average molecular weight is 464 g/mol. The molecular weight excluding hydrogens is 432 g/mol. The Hall–Kier alpha value is -3.75. The molecule has 0 spiro atoms. The molecule has 1 aromatic heterocycles. The van der Waals surface area contributed by atoms with Crippen molar-refractivity contribution < 1.29 is 19.8 Å². The fraction of sp³-hybridized carbons (Fsp3) is 0.400. The molecule has 1 unspecified atom stereocenters. The Labute approximate surface area is 198 Å². The van der Waals surface area contributed by atoms with Gasteiger partial charge in [0.1, 0.15) is 6.04 Å². The molecule has 0 bridgehead atoms. The van der Waals surface area contributed by atoms with Gasteiger partial charge in [0.15, 0.2) is 0 Å². The molecule has 3 atom stereocenters. The van der Waals surface area contributed by atoms with Crippen molar-refractivity contribution in [3.63, 3.8) is 0 Å². The van der Waals surface area contributed by atoms with Crippen LogP contribution in [0.5, 0.6) is 0 Å². The summed E-state index contributed by atoms with van der Waals surface area (Å²) in [6, 6.07) is 11.6. The summed E-state index contributed by atoms with van der Waals surface area (Å²) < 4.78 is 0. The predicted molar refractivity (Wildman–Crippen MR) is 128 cm³/mol. The lowest BCUT2D eigenvalue weighted by molar-refractivity contribution is -0.137. The van der Waals surface area contributed by atoms with E-state index in [1.54, 1.807) is 11.0 Å². The lowest BCUT2D eigenvalue weighted by atomic mass is 9.97. The van der Waals surface area contributed by atoms with E-state index >= 15 is 0 Å². The monoisotopic (exact) mass is 463 g/mol. The molecule has 0 radical (unpaired) electrons. The molecule has 1 aromatic carbocycles. The first-order chi connectivity index (χ1) is 16.4. The van der Waals surface area contributed by atoms with E-state index in [4.69, 9.17) is 11.1 Å². The highest BCUT2D eigenvalue weighted by Crippen LogP contribution is 2.34. The zero-order chi connectivity index (χ0) is 24.1. The predicted octanol–water partition coefficient (Wildman–Crippen LogP) is -0.0295. The van der Waals surface area contributed by atoms with Gasteiger partial charge in [-0.25, -0.2) is 5.41 Å². The molecule has 178 valence electrons. The van der Waals surface area contributed by atoms with Crippen LogP contribution in [0, 0.1) is 0 Å². The first-order valence-electron chi connectivity index (χ1n) is 11.7. The number of hydrogen-bond donors (Lipinski definition) is 4. The number of pyridine rings is 1. The van der Waals surface area contributed by atoms with Crippen molar-refractivity contribution in [2.24, 2.45) is 5.73 Å². The van der Waals surface area contributed by atoms with Crippen molar-refractivity contribution in [2.45, 2.75) is 50.1 Å². The van der Waals surface area contributed by atoms with E-state index in [0.717, 1.165) is 25.7 Å². The number of nitrogens with one attached hydrogen (secondary N) is 2. The third-order valence-electron chi connectivity index (χ3n) is 6.73. The summed E-state index contributed by atoms with van der Waals surface area (Å²) in [6.07, 6.45) is 7.30. The Bertz CT molecular complexity index is 1070. The summed E-state index contributed by atoms with van der Waals surface area (Å²) in [4.78, 5) is 43.1. The third-order valence-corrected chi connectivity index (χ3v) is 6.73. The minimum Gasteiger partial charge on any atom is -0.374 e. The number of hydrogen-bond acceptors (Lipinski definition) is 5. The molecule has 2 aromatic rings. The van der Waals surface area contributed by atoms with Gasteiger partial charge >= 0.3 is 5.91 Å². The lowest BCUT2D eigenvalue weighted by Crippen LogP contribution is -2.50. The standard InChI is InChI=1S/C25H30N6O3/c26-23(24(27)33)19-10-11-28-14-20(19)29-15-22(32)31-12-4-7-21(31)25(34)30-18-9-8-17(13-18)16-5-2-1-3-6-16/h1-3,5-6,10-11,14,17-18,21,26,29H,4,7-9,12-13,15H2,(H2,27,33)(H,30,34)/p+1/t17-,18?,21+/m1/s1. The second-order valence-corrected chi connectivity index (χ2v) is 8.92. The molecule has 9 heteroatoms. The van der Waals surface area contributed by atoms with E-state index in [0.29, 0.717) is 30.1 Å². The van der Waals surface area contributed by atoms with Crippen molar-refractivity contribution >= 4 is 29.1 Å². The van der Waals surface area contributed by atoms with Crippen molar-refractivity contribution in [1.82, 2.24) is 15.2 Å². The van der Waals surface area contributed by atoms with Crippen LogP contribution >= 0.6 is 0 Å². The van der Waals surface area contributed by atoms with E-state index < -0.39 is 11.9 Å². The number of primary amides is 1. The molecule has 3 amide bonds. The van der Waals surface area contributed by atoms with Gasteiger partial charge in [0.05, 0.1) is 24.0 Å². The fourth-order valence-corrected chi connectivity index (χ4v) is 4.95. The minimum absolute atomic E-state index is 0.0476. The van der Waals surface area contributed by atoms with E-state index in [-0.39, 0.29) is 30.1 Å². The van der Waals surface area contributed by atoms with Crippen LogP contribution in [0.1, 0.15) is 49.1 Å². The highest BCUT2D eigenvalue weighted by Gasteiger charge is 2.36. The second kappa shape index (κ2) is 10.5. The van der Waals surface area contributed by atoms with E-state index in [2.05, 4.69) is 27.8 Å². The van der Waals surface area contributed by atoms with Gasteiger partial charge in [-0.3, -0.25) is 19.4 Å². The highest BCUT2D eigenvalue weighted by molar-refractivity contribution is 6.43. The van der Waals surface area contributed by atoms with Gasteiger partial charge in [0.25, 0.3) is 5.71 Å². The van der Waals surface area contributed by atoms with Gasteiger partial charge in [-0.15, -0.1) is 0 Å². The first kappa shape index (κ1) is 23.4. The summed E-state index contributed by atoms with van der Waals surface area (Å²) in [6.45, 7) is 0.485. The molecule has 6 N–H and O–H groups in total. The molecule has 1 saturated carbocycles. The Morgan fingerprint density at radius 2 is 1.91 bits per heavy atom. The van der Waals surface area contributed by atoms with Gasteiger partial charge in [-0.2, -0.15) is 0 Å². The number of carbonyl (C=O) groups excluding carboxylic acids is 3. The maximum Gasteiger partial charge on any atom is 0.313 e. The van der Waals surface area contributed by atoms with Crippen molar-refractivity contribution in [1.29, 1.82) is 0 Å². The van der Waals surface area contributed by atoms with Crippen LogP contribution in [-0.4, -0.2) is 58.5 Å². The van der Waals surface area contributed by atoms with Gasteiger partial charge in [0.2, 0.25) is 11.8 Å². The number of aromatic nitrogens is 1. The molecule has 1 saturated heterocycles. The SMILES string of the molecule is NC(=O)C(=[NH2+])c1ccncc1NCC(=O)N1CCC[C@H]1C(=O)NC1CC[C@@H](c2ccccc2)C1. The Kier molecular flexibility index (Phi) is 7.20. The normalized spacial score (nSPS) is 21.8. The second-order valence-electron chi connectivity index (χ2n) is 8.92. The number of rotatable bonds is 8. The van der Waals surface area contributed by atoms with Crippen LogP contribution in [-0.2, 0) is 14.4 Å². The fourth-order valence-electron chi connectivity index (χ4n) is 4.95. The maximum atomic E-state index is 13.0. The van der Waals surface area contributed by atoms with E-state index in [1.807, 2.05) is 18.2 Å². The molecule has 2 fully saturated rings. The largest absolute Gasteiger partial charge is 0.374 e. The quantitative estimate of drug-likeness (QED) is 0.407. The lowest BCUT2D eigenvalue weighted by Gasteiger charge is -2.26. The van der Waals surface area contributed by atoms with Crippen LogP contribution in [0.15, 0.2) is 48.8 Å². The van der Waals surface area contributed by atoms with Crippen LogP contribution in [0.3, 0.4) is 0 Å². The van der Waals surface area contributed by atoms with Gasteiger partial charge in [0, 0.05) is 18.8 Å². The Balaban J connectivity index is 1.33. The van der Waals surface area contributed by atoms with Crippen molar-refractivity contribution in [2.75, 3.05) is 18.4 Å². The van der Waals surface area contributed by atoms with Crippen molar-refractivity contribution in [3.05, 3.63) is 59.9 Å². The first-order valence-corrected chi connectivity index (χ1v) is 11.7. The highest BCUT2D eigenvalue weighted by atomic mass is 16.2. The van der Waals surface area contributed by atoms with E-state index in [9.17, 15) is 14.4 Å². The molecule has 2 heterocycles. The summed E-state index contributed by atoms with van der Waals surface area (Å²) in [5.41, 5.74) is 7.31. The number of nitrogens with zero attached hydrogens (tertiary/aromatic N) is 2. The zero-order valence-electron chi connectivity index (χ0n) is 19.1. The molecule has 2 aliphatic rings. The van der Waals surface area contributed by atoms with Crippen LogP contribution in [0.2, 0.25) is 0 Å². The summed E-state index contributed by atoms with van der Waals surface area (Å²) in [5.74, 6) is -0.578. The smallest absolute Gasteiger partial charge is 0.313 e. The number of anilines is 1. The van der Waals surface area contributed by atoms with E-state index in [1.165, 1.54) is 18.0 Å². The average Bonchev–Trinajstić information content (AvgIpc) is 3.53. The zero-order valence-corrected chi connectivity index (χ0v) is 19.1. The molecule has 1 aliphatic heterocycles. The Morgan fingerprint density at radius 1 is 1.12 bits per heavy atom. The van der Waals surface area contributed by atoms with Crippen LogP contribution in [0.4, 0.5) is 5.69 Å².